The number of hydrogen-bond acceptors (Lipinski definition) is 2. The molecule has 2 nitrogen and oxygen atoms in total. The van der Waals surface area contributed by atoms with Gasteiger partial charge in [0.25, 0.3) is 0 Å². The number of hydrogen-bond donors (Lipinski definition) is 0. The monoisotopic (exact) mass is 578 g/mol. The third-order valence-corrected chi connectivity index (χ3v) is 10.3. The Morgan fingerprint density at radius 1 is 0.533 bits per heavy atom. The van der Waals surface area contributed by atoms with Crippen molar-refractivity contribution in [2.45, 2.75) is 44.9 Å². The summed E-state index contributed by atoms with van der Waals surface area (Å²) in [5.41, 5.74) is 12.1. The highest BCUT2D eigenvalue weighted by atomic mass is 14.7. The van der Waals surface area contributed by atoms with Gasteiger partial charge in [0.05, 0.1) is 11.4 Å². The number of pyridine rings is 2. The molecule has 216 valence electrons. The van der Waals surface area contributed by atoms with Crippen molar-refractivity contribution in [1.29, 1.82) is 0 Å². The Labute approximate surface area is 264 Å². The van der Waals surface area contributed by atoms with Crippen molar-refractivity contribution < 1.29 is 0 Å². The van der Waals surface area contributed by atoms with Gasteiger partial charge in [-0.15, -0.1) is 0 Å². The molecule has 0 unspecified atom stereocenters. The van der Waals surface area contributed by atoms with Crippen LogP contribution in [0, 0.1) is 0 Å². The first-order valence-corrected chi connectivity index (χ1v) is 16.2. The molecule has 0 saturated heterocycles. The first kappa shape index (κ1) is 26.3. The summed E-state index contributed by atoms with van der Waals surface area (Å²) >= 11 is 0. The van der Waals surface area contributed by atoms with Crippen LogP contribution in [-0.2, 0) is 5.41 Å². The fourth-order valence-electron chi connectivity index (χ4n) is 7.94. The summed E-state index contributed by atoms with van der Waals surface area (Å²) in [7, 11) is 0. The lowest BCUT2D eigenvalue weighted by atomic mass is 9.68. The van der Waals surface area contributed by atoms with Gasteiger partial charge in [-0.3, -0.25) is 9.97 Å². The lowest BCUT2D eigenvalue weighted by molar-refractivity contribution is 0.652. The van der Waals surface area contributed by atoms with Crippen molar-refractivity contribution >= 4 is 37.9 Å². The van der Waals surface area contributed by atoms with E-state index < -0.39 is 0 Å². The number of nitrogens with zero attached hydrogens (tertiary/aromatic N) is 2. The van der Waals surface area contributed by atoms with E-state index in [0.29, 0.717) is 0 Å². The van der Waals surface area contributed by atoms with Gasteiger partial charge in [0.1, 0.15) is 0 Å². The molecule has 5 aromatic carbocycles. The van der Waals surface area contributed by atoms with Gasteiger partial charge in [-0.2, -0.15) is 0 Å². The van der Waals surface area contributed by atoms with Crippen LogP contribution in [0.2, 0.25) is 0 Å². The number of benzene rings is 5. The Hall–Kier alpha value is -5.08. The van der Waals surface area contributed by atoms with Crippen molar-refractivity contribution in [3.8, 4) is 33.6 Å². The molecule has 2 aliphatic carbocycles. The van der Waals surface area contributed by atoms with Crippen LogP contribution < -0.4 is 0 Å². The zero-order chi connectivity index (χ0) is 30.1. The minimum Gasteiger partial charge on any atom is -0.256 e. The Balaban J connectivity index is 1.24. The highest BCUT2D eigenvalue weighted by Gasteiger charge is 2.33. The van der Waals surface area contributed by atoms with E-state index in [2.05, 4.69) is 129 Å². The Bertz CT molecular complexity index is 2310. The average molecular weight is 579 g/mol. The quantitative estimate of drug-likeness (QED) is 0.194. The molecule has 0 spiro atoms. The number of rotatable bonds is 4. The van der Waals surface area contributed by atoms with Gasteiger partial charge in [0.15, 0.2) is 0 Å². The summed E-state index contributed by atoms with van der Waals surface area (Å²) in [6.07, 6.45) is 11.4. The lowest BCUT2D eigenvalue weighted by Gasteiger charge is -2.35. The van der Waals surface area contributed by atoms with Gasteiger partial charge < -0.3 is 0 Å². The van der Waals surface area contributed by atoms with Crippen molar-refractivity contribution in [2.24, 2.45) is 0 Å². The van der Waals surface area contributed by atoms with Crippen LogP contribution >= 0.6 is 0 Å². The molecule has 2 aromatic heterocycles. The molecular weight excluding hydrogens is 544 g/mol. The molecule has 0 aliphatic heterocycles. The molecule has 9 rings (SSSR count). The second-order valence-corrected chi connectivity index (χ2v) is 13.2. The topological polar surface area (TPSA) is 25.8 Å². The molecule has 2 heterocycles. The SMILES string of the molecule is CC1(C)c2ccc(-c3ccc(C4=CCCCC4)cn3)c3ccc4ccc5c(-c6ccc(-c7ccccc7)cn6)ccc1c5c4c23. The second kappa shape index (κ2) is 9.97. The van der Waals surface area contributed by atoms with Crippen LogP contribution in [0.15, 0.2) is 122 Å². The van der Waals surface area contributed by atoms with E-state index >= 15 is 0 Å². The van der Waals surface area contributed by atoms with Gasteiger partial charge in [-0.05, 0) is 98.0 Å². The third kappa shape index (κ3) is 4.02. The predicted molar refractivity (Wildman–Crippen MR) is 189 cm³/mol. The van der Waals surface area contributed by atoms with Crippen molar-refractivity contribution in [2.75, 3.05) is 0 Å². The summed E-state index contributed by atoms with van der Waals surface area (Å²) in [6, 6.07) is 37.8. The molecule has 0 radical (unpaired) electrons. The van der Waals surface area contributed by atoms with E-state index in [9.17, 15) is 0 Å². The smallest absolute Gasteiger partial charge is 0.0708 e. The second-order valence-electron chi connectivity index (χ2n) is 13.2. The van der Waals surface area contributed by atoms with Gasteiger partial charge in [0, 0.05) is 34.5 Å². The molecule has 7 aromatic rings. The van der Waals surface area contributed by atoms with E-state index in [4.69, 9.17) is 9.97 Å². The maximum absolute atomic E-state index is 5.03. The summed E-state index contributed by atoms with van der Waals surface area (Å²) < 4.78 is 0. The standard InChI is InChI=1S/C43H34N2/c1-43(2)36-21-19-32(38-23-15-30(25-44-38)27-9-5-3-6-10-27)34-17-13-29-14-18-35-33(20-22-37(43)42(35)40(29)41(34)36)39-24-16-31(26-45-39)28-11-7-4-8-12-28/h3,5-6,9-11,13-26H,4,7-8,12H2,1-2H3. The molecule has 0 fully saturated rings. The van der Waals surface area contributed by atoms with Crippen molar-refractivity contribution in [1.82, 2.24) is 9.97 Å². The van der Waals surface area contributed by atoms with Gasteiger partial charge in [-0.1, -0.05) is 111 Å². The largest absolute Gasteiger partial charge is 0.256 e. The maximum atomic E-state index is 5.03. The summed E-state index contributed by atoms with van der Waals surface area (Å²) in [4.78, 5) is 10.0. The minimum absolute atomic E-state index is 0.147. The highest BCUT2D eigenvalue weighted by molar-refractivity contribution is 6.27. The average Bonchev–Trinajstić information content (AvgIpc) is 3.10. The van der Waals surface area contributed by atoms with Crippen molar-refractivity contribution in [3.63, 3.8) is 0 Å². The van der Waals surface area contributed by atoms with E-state index in [1.165, 1.54) is 90.5 Å². The summed E-state index contributed by atoms with van der Waals surface area (Å²) in [5, 5.41) is 7.88. The van der Waals surface area contributed by atoms with E-state index in [1.54, 1.807) is 0 Å². The van der Waals surface area contributed by atoms with Crippen LogP contribution in [-0.4, -0.2) is 9.97 Å². The third-order valence-electron chi connectivity index (χ3n) is 10.3. The molecular formula is C43H34N2. The van der Waals surface area contributed by atoms with E-state index in [0.717, 1.165) is 23.4 Å². The minimum atomic E-state index is -0.147. The molecule has 0 saturated carbocycles. The van der Waals surface area contributed by atoms with Gasteiger partial charge >= 0.3 is 0 Å². The first-order chi connectivity index (χ1) is 22.1. The Morgan fingerprint density at radius 3 is 1.71 bits per heavy atom. The molecule has 0 amide bonds. The fraction of sp³-hybridized carbons (Fsp3) is 0.163. The van der Waals surface area contributed by atoms with Crippen LogP contribution in [0.3, 0.4) is 0 Å². The first-order valence-electron chi connectivity index (χ1n) is 16.2. The number of allylic oxidation sites excluding steroid dienone is 2. The Morgan fingerprint density at radius 2 is 1.16 bits per heavy atom. The zero-order valence-corrected chi connectivity index (χ0v) is 25.8. The summed E-state index contributed by atoms with van der Waals surface area (Å²) in [6.45, 7) is 4.75. The predicted octanol–water partition coefficient (Wildman–Crippen LogP) is 11.5. The van der Waals surface area contributed by atoms with E-state index in [-0.39, 0.29) is 5.41 Å². The van der Waals surface area contributed by atoms with Crippen LogP contribution in [0.5, 0.6) is 0 Å². The molecule has 45 heavy (non-hydrogen) atoms. The van der Waals surface area contributed by atoms with Crippen LogP contribution in [0.1, 0.15) is 56.2 Å². The van der Waals surface area contributed by atoms with Crippen LogP contribution in [0.4, 0.5) is 0 Å². The molecule has 2 heteroatoms. The van der Waals surface area contributed by atoms with Crippen molar-refractivity contribution in [3.05, 3.63) is 138 Å². The lowest BCUT2D eigenvalue weighted by Crippen LogP contribution is -2.22. The molecule has 0 bridgehead atoms. The zero-order valence-electron chi connectivity index (χ0n) is 25.8. The molecule has 2 aliphatic rings. The van der Waals surface area contributed by atoms with E-state index in [1.807, 2.05) is 6.20 Å². The summed E-state index contributed by atoms with van der Waals surface area (Å²) in [5.74, 6) is 0. The van der Waals surface area contributed by atoms with Gasteiger partial charge in [0.2, 0.25) is 0 Å². The fourth-order valence-corrected chi connectivity index (χ4v) is 7.94. The van der Waals surface area contributed by atoms with Crippen LogP contribution in [0.25, 0.3) is 71.5 Å². The normalized spacial score (nSPS) is 15.3. The number of aromatic nitrogens is 2. The molecule has 0 N–H and O–H groups in total. The maximum Gasteiger partial charge on any atom is 0.0708 e. The highest BCUT2D eigenvalue weighted by Crippen LogP contribution is 2.51. The van der Waals surface area contributed by atoms with Gasteiger partial charge in [-0.25, -0.2) is 0 Å². The molecule has 0 atom stereocenters. The Kier molecular flexibility index (Phi) is 5.83.